The molecule has 1 atom stereocenters. The number of nitrogens with zero attached hydrogens (tertiary/aromatic N) is 2. The molecule has 178 valence electrons. The van der Waals surface area contributed by atoms with Crippen molar-refractivity contribution in [2.45, 2.75) is 26.8 Å². The van der Waals surface area contributed by atoms with Gasteiger partial charge in [0.05, 0.1) is 43.2 Å². The monoisotopic (exact) mass is 497 g/mol. The van der Waals surface area contributed by atoms with Crippen LogP contribution in [-0.2, 0) is 9.59 Å². The van der Waals surface area contributed by atoms with E-state index >= 15 is 0 Å². The highest BCUT2D eigenvalue weighted by Crippen LogP contribution is 2.39. The number of rotatable bonds is 11. The van der Waals surface area contributed by atoms with Gasteiger partial charge in [0.1, 0.15) is 17.2 Å². The van der Waals surface area contributed by atoms with E-state index in [0.29, 0.717) is 36.2 Å². The minimum Gasteiger partial charge on any atom is -0.494 e. The molecule has 0 spiro atoms. The highest BCUT2D eigenvalue weighted by atomic mass is 35.5. The maximum atomic E-state index is 12.9. The molecule has 1 N–H and O–H groups in total. The Labute approximate surface area is 202 Å². The SMILES string of the molecule is CCOc1cc(Cl)c(NC(=O)C(N=Nc2cc(Cl)c(OC)c(OC)c2)C(C)=O)c(OCC)c1. The maximum absolute atomic E-state index is 12.9. The predicted octanol–water partition coefficient (Wildman–Crippen LogP) is 5.49. The van der Waals surface area contributed by atoms with Gasteiger partial charge in [-0.2, -0.15) is 10.2 Å². The van der Waals surface area contributed by atoms with Crippen LogP contribution in [-0.4, -0.2) is 45.2 Å². The largest absolute Gasteiger partial charge is 0.494 e. The molecule has 0 aliphatic rings. The van der Waals surface area contributed by atoms with Crippen LogP contribution in [0.4, 0.5) is 11.4 Å². The van der Waals surface area contributed by atoms with Gasteiger partial charge in [0.25, 0.3) is 5.91 Å². The number of amides is 1. The molecule has 2 aromatic rings. The fourth-order valence-electron chi connectivity index (χ4n) is 2.79. The van der Waals surface area contributed by atoms with E-state index < -0.39 is 17.7 Å². The van der Waals surface area contributed by atoms with Crippen molar-refractivity contribution in [3.8, 4) is 23.0 Å². The Balaban J connectivity index is 2.33. The van der Waals surface area contributed by atoms with Gasteiger partial charge in [-0.3, -0.25) is 9.59 Å². The van der Waals surface area contributed by atoms with E-state index in [2.05, 4.69) is 15.5 Å². The molecule has 11 heteroatoms. The lowest BCUT2D eigenvalue weighted by Gasteiger charge is -2.16. The van der Waals surface area contributed by atoms with Gasteiger partial charge in [-0.05, 0) is 26.8 Å². The van der Waals surface area contributed by atoms with Crippen LogP contribution < -0.4 is 24.3 Å². The lowest BCUT2D eigenvalue weighted by molar-refractivity contribution is -0.126. The Hall–Kier alpha value is -3.04. The fourth-order valence-corrected chi connectivity index (χ4v) is 3.32. The summed E-state index contributed by atoms with van der Waals surface area (Å²) in [6, 6.07) is 4.69. The van der Waals surface area contributed by atoms with Gasteiger partial charge in [0.15, 0.2) is 17.3 Å². The summed E-state index contributed by atoms with van der Waals surface area (Å²) in [5.41, 5.74) is 0.466. The molecule has 2 rings (SSSR count). The summed E-state index contributed by atoms with van der Waals surface area (Å²) in [5.74, 6) is 0.176. The summed E-state index contributed by atoms with van der Waals surface area (Å²) < 4.78 is 21.4. The number of ketones is 1. The van der Waals surface area contributed by atoms with Crippen LogP contribution in [0.5, 0.6) is 23.0 Å². The third-order valence-electron chi connectivity index (χ3n) is 4.23. The lowest BCUT2D eigenvalue weighted by atomic mass is 10.2. The van der Waals surface area contributed by atoms with E-state index in [9.17, 15) is 9.59 Å². The number of benzene rings is 2. The number of halogens is 2. The van der Waals surface area contributed by atoms with E-state index in [1.165, 1.54) is 33.3 Å². The summed E-state index contributed by atoms with van der Waals surface area (Å²) in [5, 5.41) is 10.9. The summed E-state index contributed by atoms with van der Waals surface area (Å²) in [4.78, 5) is 25.0. The Kier molecular flexibility index (Phi) is 9.74. The normalized spacial score (nSPS) is 11.7. The Bertz CT molecular complexity index is 1050. The number of anilines is 1. The first-order chi connectivity index (χ1) is 15.7. The Morgan fingerprint density at radius 2 is 1.67 bits per heavy atom. The Morgan fingerprint density at radius 3 is 2.24 bits per heavy atom. The second kappa shape index (κ2) is 12.3. The molecule has 9 nitrogen and oxygen atoms in total. The van der Waals surface area contributed by atoms with Crippen molar-refractivity contribution in [3.63, 3.8) is 0 Å². The minimum absolute atomic E-state index is 0.184. The van der Waals surface area contributed by atoms with Crippen molar-refractivity contribution in [1.82, 2.24) is 0 Å². The molecule has 0 aliphatic heterocycles. The molecule has 0 aromatic heterocycles. The molecule has 0 aliphatic carbocycles. The van der Waals surface area contributed by atoms with Crippen molar-refractivity contribution >= 4 is 46.3 Å². The quantitative estimate of drug-likeness (QED) is 0.324. The second-order valence-electron chi connectivity index (χ2n) is 6.53. The molecule has 0 heterocycles. The highest BCUT2D eigenvalue weighted by Gasteiger charge is 2.26. The zero-order chi connectivity index (χ0) is 24.5. The minimum atomic E-state index is -1.44. The lowest BCUT2D eigenvalue weighted by Crippen LogP contribution is -2.32. The predicted molar refractivity (Wildman–Crippen MR) is 126 cm³/mol. The highest BCUT2D eigenvalue weighted by molar-refractivity contribution is 6.34. The average Bonchev–Trinajstić information content (AvgIpc) is 2.76. The molecule has 0 saturated carbocycles. The summed E-state index contributed by atoms with van der Waals surface area (Å²) in [7, 11) is 2.89. The average molecular weight is 498 g/mol. The molecule has 0 fully saturated rings. The number of hydrogen-bond acceptors (Lipinski definition) is 8. The van der Waals surface area contributed by atoms with Gasteiger partial charge in [-0.1, -0.05) is 23.2 Å². The van der Waals surface area contributed by atoms with Crippen LogP contribution in [0.2, 0.25) is 10.0 Å². The summed E-state index contributed by atoms with van der Waals surface area (Å²) >= 11 is 12.5. The first kappa shape index (κ1) is 26.2. The molecular formula is C22H25Cl2N3O6. The van der Waals surface area contributed by atoms with Crippen molar-refractivity contribution in [2.24, 2.45) is 10.2 Å². The number of hydrogen-bond donors (Lipinski definition) is 1. The molecule has 1 amide bonds. The number of carbonyl (C=O) groups excluding carboxylic acids is 2. The Morgan fingerprint density at radius 1 is 0.970 bits per heavy atom. The van der Waals surface area contributed by atoms with Crippen LogP contribution in [0.3, 0.4) is 0 Å². The van der Waals surface area contributed by atoms with Crippen LogP contribution in [0, 0.1) is 0 Å². The van der Waals surface area contributed by atoms with Gasteiger partial charge < -0.3 is 24.3 Å². The molecule has 0 saturated heterocycles. The molecule has 1 unspecified atom stereocenters. The smallest absolute Gasteiger partial charge is 0.258 e. The zero-order valence-corrected chi connectivity index (χ0v) is 20.4. The molecule has 2 aromatic carbocycles. The van der Waals surface area contributed by atoms with Crippen LogP contribution in [0.25, 0.3) is 0 Å². The van der Waals surface area contributed by atoms with E-state index in [-0.39, 0.29) is 21.4 Å². The van der Waals surface area contributed by atoms with Crippen LogP contribution >= 0.6 is 23.2 Å². The van der Waals surface area contributed by atoms with Gasteiger partial charge in [-0.15, -0.1) is 0 Å². The fraction of sp³-hybridized carbons (Fsp3) is 0.364. The first-order valence-electron chi connectivity index (χ1n) is 9.98. The number of nitrogens with one attached hydrogen (secondary N) is 1. The van der Waals surface area contributed by atoms with E-state index in [0.717, 1.165) is 0 Å². The van der Waals surface area contributed by atoms with Gasteiger partial charge in [-0.25, -0.2) is 0 Å². The van der Waals surface area contributed by atoms with Crippen molar-refractivity contribution in [2.75, 3.05) is 32.8 Å². The first-order valence-corrected chi connectivity index (χ1v) is 10.7. The third kappa shape index (κ3) is 6.72. The maximum Gasteiger partial charge on any atom is 0.258 e. The van der Waals surface area contributed by atoms with Gasteiger partial charge in [0.2, 0.25) is 6.04 Å². The van der Waals surface area contributed by atoms with Crippen molar-refractivity contribution in [3.05, 3.63) is 34.3 Å². The summed E-state index contributed by atoms with van der Waals surface area (Å²) in [6.07, 6.45) is 0. The summed E-state index contributed by atoms with van der Waals surface area (Å²) in [6.45, 7) is 5.60. The van der Waals surface area contributed by atoms with E-state index in [1.807, 2.05) is 6.92 Å². The number of azo groups is 1. The standard InChI is InChI=1S/C22H25Cl2N3O6/c1-6-32-14-10-15(23)20(17(11-14)33-7-2)25-22(29)19(12(3)28)27-26-13-8-16(24)21(31-5)18(9-13)30-4/h8-11,19H,6-7H2,1-5H3,(H,25,29). The molecule has 0 bridgehead atoms. The van der Waals surface area contributed by atoms with E-state index in [1.54, 1.807) is 19.1 Å². The number of Topliss-reactive ketones (excluding diaryl/α,β-unsaturated/α-hetero) is 1. The van der Waals surface area contributed by atoms with Crippen LogP contribution in [0.1, 0.15) is 20.8 Å². The number of methoxy groups -OCH3 is 2. The topological polar surface area (TPSA) is 108 Å². The van der Waals surface area contributed by atoms with Gasteiger partial charge >= 0.3 is 0 Å². The number of ether oxygens (including phenoxy) is 4. The molecule has 33 heavy (non-hydrogen) atoms. The van der Waals surface area contributed by atoms with Crippen LogP contribution in [0.15, 0.2) is 34.5 Å². The number of carbonyl (C=O) groups is 2. The van der Waals surface area contributed by atoms with E-state index in [4.69, 9.17) is 42.1 Å². The molecular weight excluding hydrogens is 473 g/mol. The van der Waals surface area contributed by atoms with Crippen molar-refractivity contribution < 1.29 is 28.5 Å². The van der Waals surface area contributed by atoms with Gasteiger partial charge in [0, 0.05) is 18.2 Å². The molecule has 0 radical (unpaired) electrons. The third-order valence-corrected chi connectivity index (χ3v) is 4.81. The second-order valence-corrected chi connectivity index (χ2v) is 7.34. The van der Waals surface area contributed by atoms with Crippen molar-refractivity contribution in [1.29, 1.82) is 0 Å². The zero-order valence-electron chi connectivity index (χ0n) is 18.9.